The van der Waals surface area contributed by atoms with Gasteiger partial charge in [0.05, 0.1) is 16.2 Å². The van der Waals surface area contributed by atoms with Crippen LogP contribution in [-0.2, 0) is 9.84 Å². The van der Waals surface area contributed by atoms with Crippen molar-refractivity contribution in [3.8, 4) is 11.5 Å². The van der Waals surface area contributed by atoms with Crippen molar-refractivity contribution in [2.24, 2.45) is 0 Å². The first-order valence-corrected chi connectivity index (χ1v) is 11.2. The number of ketones is 1. The average Bonchev–Trinajstić information content (AvgIpc) is 2.73. The summed E-state index contributed by atoms with van der Waals surface area (Å²) >= 11 is 0. The summed E-state index contributed by atoms with van der Waals surface area (Å²) in [5.41, 5.74) is 0.864. The first kappa shape index (κ1) is 21.6. The maximum absolute atomic E-state index is 13.4. The molecule has 0 spiro atoms. The van der Waals surface area contributed by atoms with Crippen LogP contribution in [0.4, 0.5) is 0 Å². The maximum Gasteiger partial charge on any atom is 0.185 e. The minimum atomic E-state index is -3.81. The van der Waals surface area contributed by atoms with Gasteiger partial charge in [0.25, 0.3) is 0 Å². The molecule has 30 heavy (non-hydrogen) atoms. The van der Waals surface area contributed by atoms with E-state index in [1.165, 1.54) is 36.4 Å². The molecule has 6 heteroatoms. The number of benzene rings is 3. The molecule has 0 bridgehead atoms. The molecule has 1 unspecified atom stereocenters. The molecule has 3 aromatic rings. The van der Waals surface area contributed by atoms with E-state index in [-0.39, 0.29) is 29.0 Å². The summed E-state index contributed by atoms with van der Waals surface area (Å²) in [7, 11) is -3.81. The van der Waals surface area contributed by atoms with Gasteiger partial charge < -0.3 is 9.84 Å². The molecular weight excluding hydrogens is 400 g/mol. The van der Waals surface area contributed by atoms with Crippen molar-refractivity contribution >= 4 is 15.6 Å². The molecule has 0 fully saturated rings. The van der Waals surface area contributed by atoms with Crippen LogP contribution in [0.1, 0.15) is 41.4 Å². The maximum atomic E-state index is 13.4. The fourth-order valence-electron chi connectivity index (χ4n) is 3.15. The number of carbonyl (C=O) groups is 1. The molecule has 0 aliphatic rings. The average molecular weight is 425 g/mol. The van der Waals surface area contributed by atoms with Crippen LogP contribution < -0.4 is 4.74 Å². The van der Waals surface area contributed by atoms with Crippen LogP contribution in [-0.4, -0.2) is 25.4 Å². The number of phenolic OH excluding ortho intramolecular Hbond substituents is 1. The van der Waals surface area contributed by atoms with Crippen LogP contribution >= 0.6 is 0 Å². The van der Waals surface area contributed by atoms with Crippen molar-refractivity contribution in [3.63, 3.8) is 0 Å². The lowest BCUT2D eigenvalue weighted by atomic mass is 10.0. The Bertz CT molecular complexity index is 1090. The molecule has 0 amide bonds. The fraction of sp³-hybridized carbons (Fsp3) is 0.208. The van der Waals surface area contributed by atoms with Crippen LogP contribution in [0, 0.1) is 0 Å². The molecule has 0 heterocycles. The predicted molar refractivity (Wildman–Crippen MR) is 116 cm³/mol. The molecule has 3 aromatic carbocycles. The highest BCUT2D eigenvalue weighted by Crippen LogP contribution is 2.34. The van der Waals surface area contributed by atoms with Gasteiger partial charge in [0, 0.05) is 12.0 Å². The molecule has 3 rings (SSSR count). The summed E-state index contributed by atoms with van der Waals surface area (Å²) in [4.78, 5) is 13.0. The molecule has 1 N–H and O–H groups in total. The molecule has 0 aliphatic carbocycles. The summed E-state index contributed by atoms with van der Waals surface area (Å²) in [6.07, 6.45) is -0.220. The Morgan fingerprint density at radius 1 is 0.900 bits per heavy atom. The Kier molecular flexibility index (Phi) is 6.57. The summed E-state index contributed by atoms with van der Waals surface area (Å²) in [6.45, 7) is 3.82. The van der Waals surface area contributed by atoms with Gasteiger partial charge in [-0.25, -0.2) is 8.42 Å². The molecule has 0 radical (unpaired) electrons. The van der Waals surface area contributed by atoms with Gasteiger partial charge in [-0.3, -0.25) is 4.79 Å². The van der Waals surface area contributed by atoms with Crippen molar-refractivity contribution in [2.45, 2.75) is 36.5 Å². The summed E-state index contributed by atoms with van der Waals surface area (Å²) in [6, 6.07) is 20.7. The third-order valence-corrected chi connectivity index (χ3v) is 6.75. The highest BCUT2D eigenvalue weighted by molar-refractivity contribution is 7.91. The van der Waals surface area contributed by atoms with Crippen LogP contribution in [0.2, 0.25) is 0 Å². The minimum Gasteiger partial charge on any atom is -0.508 e. The van der Waals surface area contributed by atoms with E-state index in [1.54, 1.807) is 42.5 Å². The quantitative estimate of drug-likeness (QED) is 0.517. The number of hydrogen-bond acceptors (Lipinski definition) is 5. The number of aromatic hydroxyl groups is 1. The van der Waals surface area contributed by atoms with E-state index in [0.29, 0.717) is 16.9 Å². The molecule has 0 aliphatic heterocycles. The monoisotopic (exact) mass is 424 g/mol. The van der Waals surface area contributed by atoms with Gasteiger partial charge in [-0.1, -0.05) is 30.3 Å². The lowest BCUT2D eigenvalue weighted by molar-refractivity contribution is 0.0980. The van der Waals surface area contributed by atoms with Crippen molar-refractivity contribution in [2.75, 3.05) is 0 Å². The second kappa shape index (κ2) is 9.13. The number of ether oxygens (including phenoxy) is 1. The molecule has 0 saturated heterocycles. The van der Waals surface area contributed by atoms with Gasteiger partial charge in [-0.2, -0.15) is 0 Å². The van der Waals surface area contributed by atoms with Crippen molar-refractivity contribution in [1.29, 1.82) is 0 Å². The van der Waals surface area contributed by atoms with Crippen LogP contribution in [0.3, 0.4) is 0 Å². The first-order valence-electron chi connectivity index (χ1n) is 9.65. The van der Waals surface area contributed by atoms with Gasteiger partial charge in [0.15, 0.2) is 15.6 Å². The Morgan fingerprint density at radius 2 is 1.50 bits per heavy atom. The third-order valence-electron chi connectivity index (χ3n) is 4.63. The van der Waals surface area contributed by atoms with E-state index in [1.807, 2.05) is 13.8 Å². The second-order valence-corrected chi connectivity index (χ2v) is 9.39. The standard InChI is InChI=1S/C24H24O5S/c1-17(2)29-21-14-10-19(11-15-21)24(30(27,28)22-6-4-3-5-7-22)16-23(26)18-8-12-20(25)13-9-18/h3-15,17,24-25H,16H2,1-2H3. The normalized spacial score (nSPS) is 12.5. The summed E-state index contributed by atoms with van der Waals surface area (Å²) in [5, 5.41) is 8.40. The molecule has 156 valence electrons. The number of sulfone groups is 1. The lowest BCUT2D eigenvalue weighted by Gasteiger charge is -2.19. The Morgan fingerprint density at radius 3 is 2.07 bits per heavy atom. The number of rotatable bonds is 8. The van der Waals surface area contributed by atoms with E-state index in [0.717, 1.165) is 0 Å². The van der Waals surface area contributed by atoms with Crippen molar-refractivity contribution < 1.29 is 23.1 Å². The molecule has 0 saturated carbocycles. The van der Waals surface area contributed by atoms with Gasteiger partial charge in [0.1, 0.15) is 11.5 Å². The predicted octanol–water partition coefficient (Wildman–Crippen LogP) is 4.97. The smallest absolute Gasteiger partial charge is 0.185 e. The second-order valence-electron chi connectivity index (χ2n) is 7.26. The van der Waals surface area contributed by atoms with Gasteiger partial charge in [-0.15, -0.1) is 0 Å². The van der Waals surface area contributed by atoms with Crippen molar-refractivity contribution in [3.05, 3.63) is 90.0 Å². The lowest BCUT2D eigenvalue weighted by Crippen LogP contribution is -2.18. The Balaban J connectivity index is 1.98. The van der Waals surface area contributed by atoms with E-state index in [2.05, 4.69) is 0 Å². The Hall–Kier alpha value is -3.12. The number of Topliss-reactive ketones (excluding diaryl/α,β-unsaturated/α-hetero) is 1. The number of phenols is 1. The largest absolute Gasteiger partial charge is 0.508 e. The zero-order valence-corrected chi connectivity index (χ0v) is 17.7. The van der Waals surface area contributed by atoms with Crippen LogP contribution in [0.5, 0.6) is 11.5 Å². The molecule has 0 aromatic heterocycles. The van der Waals surface area contributed by atoms with Crippen molar-refractivity contribution in [1.82, 2.24) is 0 Å². The van der Waals surface area contributed by atoms with E-state index in [4.69, 9.17) is 4.74 Å². The van der Waals surface area contributed by atoms with Gasteiger partial charge in [0.2, 0.25) is 0 Å². The topological polar surface area (TPSA) is 80.7 Å². The number of hydrogen-bond donors (Lipinski definition) is 1. The highest BCUT2D eigenvalue weighted by Gasteiger charge is 2.31. The SMILES string of the molecule is CC(C)Oc1ccc(C(CC(=O)c2ccc(O)cc2)S(=O)(=O)c2ccccc2)cc1. The third kappa shape index (κ3) is 5.07. The minimum absolute atomic E-state index is 0.00391. The zero-order chi connectivity index (χ0) is 21.7. The summed E-state index contributed by atoms with van der Waals surface area (Å²) in [5.74, 6) is 0.359. The summed E-state index contributed by atoms with van der Waals surface area (Å²) < 4.78 is 32.4. The highest BCUT2D eigenvalue weighted by atomic mass is 32.2. The van der Waals surface area contributed by atoms with E-state index in [9.17, 15) is 18.3 Å². The fourth-order valence-corrected chi connectivity index (χ4v) is 4.90. The number of carbonyl (C=O) groups excluding carboxylic acids is 1. The van der Waals surface area contributed by atoms with Crippen LogP contribution in [0.25, 0.3) is 0 Å². The van der Waals surface area contributed by atoms with Gasteiger partial charge in [-0.05, 0) is 67.9 Å². The molecule has 1 atom stereocenters. The Labute approximate surface area is 176 Å². The first-order chi connectivity index (χ1) is 14.3. The molecular formula is C24H24O5S. The molecule has 5 nitrogen and oxygen atoms in total. The van der Waals surface area contributed by atoms with Crippen LogP contribution in [0.15, 0.2) is 83.8 Å². The van der Waals surface area contributed by atoms with E-state index < -0.39 is 15.1 Å². The zero-order valence-electron chi connectivity index (χ0n) is 16.9. The van der Waals surface area contributed by atoms with E-state index >= 15 is 0 Å². The van der Waals surface area contributed by atoms with Gasteiger partial charge >= 0.3 is 0 Å².